The Hall–Kier alpha value is -3.05. The number of carbonyl (C=O) groups is 2. The van der Waals surface area contributed by atoms with Gasteiger partial charge in [-0.1, -0.05) is 48.0 Å². The van der Waals surface area contributed by atoms with Crippen LogP contribution in [-0.4, -0.2) is 30.2 Å². The SMILES string of the molecule is O=Cc1ccc2c(c1)N(NC(=O)C1CC=CC3=C1N(Cc1ccc(Cl)cc1)CC3)CC2. The van der Waals surface area contributed by atoms with E-state index in [2.05, 4.69) is 22.5 Å². The summed E-state index contributed by atoms with van der Waals surface area (Å²) in [5.74, 6) is -0.211. The molecular weight excluding hydrogens is 410 g/mol. The van der Waals surface area contributed by atoms with E-state index in [9.17, 15) is 9.59 Å². The van der Waals surface area contributed by atoms with E-state index in [0.717, 1.165) is 54.2 Å². The van der Waals surface area contributed by atoms with Gasteiger partial charge in [-0.05, 0) is 54.2 Å². The van der Waals surface area contributed by atoms with Crippen LogP contribution in [0, 0.1) is 5.92 Å². The Balaban J connectivity index is 1.34. The Kier molecular flexibility index (Phi) is 5.28. The number of halogens is 1. The van der Waals surface area contributed by atoms with Crippen molar-refractivity contribution in [2.45, 2.75) is 25.8 Å². The van der Waals surface area contributed by atoms with Crippen LogP contribution < -0.4 is 10.4 Å². The molecule has 5 rings (SSSR count). The van der Waals surface area contributed by atoms with Crippen molar-refractivity contribution in [1.82, 2.24) is 10.3 Å². The number of fused-ring (bicyclic) bond motifs is 1. The van der Waals surface area contributed by atoms with E-state index >= 15 is 0 Å². The van der Waals surface area contributed by atoms with Crippen LogP contribution in [0.5, 0.6) is 0 Å². The Labute approximate surface area is 187 Å². The maximum atomic E-state index is 13.4. The summed E-state index contributed by atoms with van der Waals surface area (Å²) in [5, 5.41) is 2.62. The molecule has 0 saturated carbocycles. The highest BCUT2D eigenvalue weighted by molar-refractivity contribution is 6.30. The van der Waals surface area contributed by atoms with Gasteiger partial charge in [-0.3, -0.25) is 20.0 Å². The molecule has 2 aromatic rings. The van der Waals surface area contributed by atoms with Crippen molar-refractivity contribution in [1.29, 1.82) is 0 Å². The van der Waals surface area contributed by atoms with E-state index in [4.69, 9.17) is 11.6 Å². The normalized spacial score (nSPS) is 19.5. The van der Waals surface area contributed by atoms with Crippen LogP contribution in [0.2, 0.25) is 5.02 Å². The van der Waals surface area contributed by atoms with Gasteiger partial charge in [0.05, 0.1) is 11.6 Å². The van der Waals surface area contributed by atoms with Gasteiger partial charge in [0, 0.05) is 35.9 Å². The highest BCUT2D eigenvalue weighted by Crippen LogP contribution is 2.37. The molecule has 2 aliphatic heterocycles. The van der Waals surface area contributed by atoms with E-state index in [-0.39, 0.29) is 11.8 Å². The molecule has 1 N–H and O–H groups in total. The molecule has 5 nitrogen and oxygen atoms in total. The molecule has 158 valence electrons. The van der Waals surface area contributed by atoms with Crippen LogP contribution in [0.4, 0.5) is 5.69 Å². The molecular formula is C25H24ClN3O2. The number of hydrazine groups is 1. The second kappa shape index (κ2) is 8.23. The van der Waals surface area contributed by atoms with Gasteiger partial charge < -0.3 is 4.90 Å². The Morgan fingerprint density at radius 3 is 2.77 bits per heavy atom. The number of hydrogen-bond acceptors (Lipinski definition) is 4. The lowest BCUT2D eigenvalue weighted by molar-refractivity contribution is -0.124. The molecule has 1 amide bonds. The molecule has 0 fully saturated rings. The Morgan fingerprint density at radius 1 is 1.13 bits per heavy atom. The first-order valence-electron chi connectivity index (χ1n) is 10.7. The maximum absolute atomic E-state index is 13.4. The highest BCUT2D eigenvalue weighted by atomic mass is 35.5. The number of nitrogens with zero attached hydrogens (tertiary/aromatic N) is 2. The van der Waals surface area contributed by atoms with Gasteiger partial charge in [0.25, 0.3) is 0 Å². The minimum absolute atomic E-state index is 0.00390. The second-order valence-electron chi connectivity index (χ2n) is 8.28. The molecule has 6 heteroatoms. The number of aldehydes is 1. The second-order valence-corrected chi connectivity index (χ2v) is 8.72. The average molecular weight is 434 g/mol. The first-order chi connectivity index (χ1) is 15.1. The van der Waals surface area contributed by atoms with Crippen molar-refractivity contribution < 1.29 is 9.59 Å². The molecule has 2 aromatic carbocycles. The lowest BCUT2D eigenvalue weighted by atomic mass is 9.91. The minimum atomic E-state index is -0.215. The third-order valence-corrected chi connectivity index (χ3v) is 6.58. The number of rotatable bonds is 5. The van der Waals surface area contributed by atoms with Crippen molar-refractivity contribution in [3.63, 3.8) is 0 Å². The van der Waals surface area contributed by atoms with Crippen LogP contribution in [0.25, 0.3) is 0 Å². The Morgan fingerprint density at radius 2 is 1.97 bits per heavy atom. The molecule has 1 unspecified atom stereocenters. The smallest absolute Gasteiger partial charge is 0.247 e. The molecule has 0 bridgehead atoms. The standard InChI is InChI=1S/C25H24ClN3O2/c26-21-8-5-17(6-9-21)15-28-12-10-20-2-1-3-22(24(20)28)25(31)27-29-13-11-19-7-4-18(16-30)14-23(19)29/h1-2,4-9,14,16,22H,3,10-13,15H2,(H,27,31). The number of anilines is 1. The van der Waals surface area contributed by atoms with E-state index in [0.29, 0.717) is 18.5 Å². The number of hydrogen-bond donors (Lipinski definition) is 1. The van der Waals surface area contributed by atoms with Crippen molar-refractivity contribution in [3.05, 3.63) is 87.6 Å². The summed E-state index contributed by atoms with van der Waals surface area (Å²) in [5.41, 5.74) is 9.39. The van der Waals surface area contributed by atoms with E-state index in [1.807, 2.05) is 47.5 Å². The van der Waals surface area contributed by atoms with Crippen molar-refractivity contribution in [2.75, 3.05) is 18.1 Å². The fourth-order valence-electron chi connectivity index (χ4n) is 4.78. The summed E-state index contributed by atoms with van der Waals surface area (Å²) < 4.78 is 0. The first kappa shape index (κ1) is 19.9. The molecule has 2 heterocycles. The highest BCUT2D eigenvalue weighted by Gasteiger charge is 2.35. The number of allylic oxidation sites excluding steroid dienone is 2. The fraction of sp³-hybridized carbons (Fsp3) is 0.280. The summed E-state index contributed by atoms with van der Waals surface area (Å²) in [4.78, 5) is 26.9. The maximum Gasteiger partial charge on any atom is 0.247 e. The van der Waals surface area contributed by atoms with Gasteiger partial charge in [-0.25, -0.2) is 0 Å². The zero-order valence-corrected chi connectivity index (χ0v) is 17.9. The number of carbonyl (C=O) groups excluding carboxylic acids is 2. The number of benzene rings is 2. The van der Waals surface area contributed by atoms with E-state index in [1.54, 1.807) is 0 Å². The van der Waals surface area contributed by atoms with E-state index < -0.39 is 0 Å². The molecule has 31 heavy (non-hydrogen) atoms. The zero-order valence-electron chi connectivity index (χ0n) is 17.2. The third-order valence-electron chi connectivity index (χ3n) is 6.33. The molecule has 1 aliphatic carbocycles. The first-order valence-corrected chi connectivity index (χ1v) is 11.1. The van der Waals surface area contributed by atoms with Crippen molar-refractivity contribution in [3.8, 4) is 0 Å². The molecule has 0 aromatic heterocycles. The zero-order chi connectivity index (χ0) is 21.4. The summed E-state index contributed by atoms with van der Waals surface area (Å²) in [7, 11) is 0. The summed E-state index contributed by atoms with van der Waals surface area (Å²) in [6.07, 6.45) is 7.62. The summed E-state index contributed by atoms with van der Waals surface area (Å²) in [6.45, 7) is 2.39. The minimum Gasteiger partial charge on any atom is -0.369 e. The molecule has 0 saturated heterocycles. The quantitative estimate of drug-likeness (QED) is 0.715. The predicted octanol–water partition coefficient (Wildman–Crippen LogP) is 4.28. The fourth-order valence-corrected chi connectivity index (χ4v) is 4.91. The average Bonchev–Trinajstić information content (AvgIpc) is 3.39. The van der Waals surface area contributed by atoms with Gasteiger partial charge >= 0.3 is 0 Å². The van der Waals surface area contributed by atoms with Gasteiger partial charge in [0.15, 0.2) is 0 Å². The summed E-state index contributed by atoms with van der Waals surface area (Å²) in [6, 6.07) is 13.6. The molecule has 0 radical (unpaired) electrons. The van der Waals surface area contributed by atoms with Gasteiger partial charge in [-0.15, -0.1) is 0 Å². The van der Waals surface area contributed by atoms with Crippen LogP contribution >= 0.6 is 11.6 Å². The van der Waals surface area contributed by atoms with Crippen LogP contribution in [-0.2, 0) is 17.8 Å². The number of nitrogens with one attached hydrogen (secondary N) is 1. The van der Waals surface area contributed by atoms with Crippen LogP contribution in [0.15, 0.2) is 65.9 Å². The molecule has 3 aliphatic rings. The summed E-state index contributed by atoms with van der Waals surface area (Å²) >= 11 is 6.03. The van der Waals surface area contributed by atoms with Crippen LogP contribution in [0.3, 0.4) is 0 Å². The van der Waals surface area contributed by atoms with Gasteiger partial charge in [0.2, 0.25) is 5.91 Å². The van der Waals surface area contributed by atoms with E-state index in [1.165, 1.54) is 11.1 Å². The van der Waals surface area contributed by atoms with Crippen LogP contribution in [0.1, 0.15) is 34.3 Å². The van der Waals surface area contributed by atoms with Gasteiger partial charge in [0.1, 0.15) is 6.29 Å². The monoisotopic (exact) mass is 433 g/mol. The lowest BCUT2D eigenvalue weighted by Gasteiger charge is -2.31. The largest absolute Gasteiger partial charge is 0.369 e. The van der Waals surface area contributed by atoms with Crippen molar-refractivity contribution >= 4 is 29.5 Å². The molecule has 1 atom stereocenters. The lowest BCUT2D eigenvalue weighted by Crippen LogP contribution is -2.46. The third kappa shape index (κ3) is 3.86. The van der Waals surface area contributed by atoms with Gasteiger partial charge in [-0.2, -0.15) is 0 Å². The van der Waals surface area contributed by atoms with Crippen molar-refractivity contribution in [2.24, 2.45) is 5.92 Å². The topological polar surface area (TPSA) is 52.7 Å². The predicted molar refractivity (Wildman–Crippen MR) is 122 cm³/mol. The Bertz CT molecular complexity index is 1090. The number of amides is 1. The molecule has 0 spiro atoms.